The van der Waals surface area contributed by atoms with E-state index in [1.807, 2.05) is 54.6 Å². The quantitative estimate of drug-likeness (QED) is 0.346. The highest BCUT2D eigenvalue weighted by Crippen LogP contribution is 2.35. The Morgan fingerprint density at radius 1 is 0.944 bits per heavy atom. The monoisotopic (exact) mass is 524 g/mol. The maximum Gasteiger partial charge on any atom is 0.253 e. The fourth-order valence-electron chi connectivity index (χ4n) is 5.70. The molecule has 2 fully saturated rings. The first-order valence-electron chi connectivity index (χ1n) is 12.1. The Bertz CT molecular complexity index is 1330. The van der Waals surface area contributed by atoms with Crippen LogP contribution in [0, 0.1) is 0 Å². The molecule has 1 amide bonds. The molecule has 4 aromatic rings. The van der Waals surface area contributed by atoms with Crippen molar-refractivity contribution in [2.45, 2.75) is 50.2 Å². The number of carbonyl (C=O) groups is 1. The van der Waals surface area contributed by atoms with E-state index in [1.54, 1.807) is 12.4 Å². The van der Waals surface area contributed by atoms with Gasteiger partial charge in [0, 0.05) is 36.1 Å². The van der Waals surface area contributed by atoms with Crippen LogP contribution in [0.3, 0.4) is 0 Å². The number of oxazole rings is 1. The summed E-state index contributed by atoms with van der Waals surface area (Å²) in [6, 6.07) is 18.9. The Labute approximate surface area is 223 Å². The van der Waals surface area contributed by atoms with Gasteiger partial charge in [0.25, 0.3) is 5.91 Å². The number of nitrogens with one attached hydrogen (secondary N) is 1. The molecular formula is C28H30Cl2N4O2. The van der Waals surface area contributed by atoms with Gasteiger partial charge in [0.15, 0.2) is 5.58 Å². The molecule has 1 N–H and O–H groups in total. The molecule has 8 heteroatoms. The van der Waals surface area contributed by atoms with Crippen LogP contribution in [0.5, 0.6) is 0 Å². The molecule has 188 valence electrons. The van der Waals surface area contributed by atoms with Gasteiger partial charge >= 0.3 is 0 Å². The van der Waals surface area contributed by atoms with Crippen LogP contribution in [-0.2, 0) is 0 Å². The maximum atomic E-state index is 13.3. The summed E-state index contributed by atoms with van der Waals surface area (Å²) in [5.74, 6) is 0.442. The van der Waals surface area contributed by atoms with Crippen molar-refractivity contribution in [3.8, 4) is 22.6 Å². The highest BCUT2D eigenvalue weighted by Gasteiger charge is 2.36. The Kier molecular flexibility index (Phi) is 7.98. The van der Waals surface area contributed by atoms with E-state index in [-0.39, 0.29) is 36.8 Å². The first-order valence-corrected chi connectivity index (χ1v) is 12.1. The number of rotatable bonds is 4. The molecule has 0 aliphatic carbocycles. The molecule has 0 saturated carbocycles. The van der Waals surface area contributed by atoms with Crippen LogP contribution in [0.2, 0.25) is 0 Å². The molecule has 4 heterocycles. The van der Waals surface area contributed by atoms with Crippen LogP contribution < -0.4 is 5.32 Å². The zero-order chi connectivity index (χ0) is 23.1. The molecule has 2 bridgehead atoms. The average molecular weight is 525 g/mol. The fraction of sp³-hybridized carbons (Fsp3) is 0.321. The Morgan fingerprint density at radius 2 is 1.64 bits per heavy atom. The molecule has 0 spiro atoms. The van der Waals surface area contributed by atoms with Crippen molar-refractivity contribution < 1.29 is 9.21 Å². The van der Waals surface area contributed by atoms with Gasteiger partial charge in [-0.3, -0.25) is 9.78 Å². The zero-order valence-corrected chi connectivity index (χ0v) is 21.7. The van der Waals surface area contributed by atoms with Crippen LogP contribution in [0.15, 0.2) is 71.4 Å². The number of fused-ring (bicyclic) bond motifs is 3. The predicted molar refractivity (Wildman–Crippen MR) is 147 cm³/mol. The summed E-state index contributed by atoms with van der Waals surface area (Å²) < 4.78 is 6.16. The number of aromatic nitrogens is 2. The van der Waals surface area contributed by atoms with Crippen molar-refractivity contribution in [3.63, 3.8) is 0 Å². The van der Waals surface area contributed by atoms with Crippen molar-refractivity contribution in [1.29, 1.82) is 0 Å². The second-order valence-electron chi connectivity index (χ2n) is 9.50. The smallest absolute Gasteiger partial charge is 0.253 e. The highest BCUT2D eigenvalue weighted by atomic mass is 35.5. The van der Waals surface area contributed by atoms with E-state index >= 15 is 0 Å². The summed E-state index contributed by atoms with van der Waals surface area (Å²) >= 11 is 0. The molecule has 6 rings (SSSR count). The van der Waals surface area contributed by atoms with Crippen LogP contribution in [0.4, 0.5) is 0 Å². The normalized spacial score (nSPS) is 21.3. The number of carbonyl (C=O) groups excluding carboxylic acids is 1. The topological polar surface area (TPSA) is 71.3 Å². The number of hydrogen-bond acceptors (Lipinski definition) is 5. The molecule has 2 aromatic heterocycles. The lowest BCUT2D eigenvalue weighted by atomic mass is 9.82. The van der Waals surface area contributed by atoms with Crippen LogP contribution in [-0.4, -0.2) is 45.9 Å². The van der Waals surface area contributed by atoms with Gasteiger partial charge in [-0.1, -0.05) is 30.7 Å². The molecule has 2 atom stereocenters. The Balaban J connectivity index is 0.00000152. The molecule has 36 heavy (non-hydrogen) atoms. The van der Waals surface area contributed by atoms with Gasteiger partial charge in [-0.15, -0.1) is 24.8 Å². The van der Waals surface area contributed by atoms with E-state index in [4.69, 9.17) is 9.40 Å². The van der Waals surface area contributed by atoms with Crippen molar-refractivity contribution in [1.82, 2.24) is 20.2 Å². The lowest BCUT2D eigenvalue weighted by molar-refractivity contribution is 0.0463. The number of halogens is 2. The lowest BCUT2D eigenvalue weighted by Crippen LogP contribution is -2.55. The highest BCUT2D eigenvalue weighted by molar-refractivity contribution is 6.05. The summed E-state index contributed by atoms with van der Waals surface area (Å²) in [6.07, 6.45) is 9.31. The number of benzene rings is 2. The van der Waals surface area contributed by atoms with Crippen LogP contribution in [0.25, 0.3) is 33.7 Å². The summed E-state index contributed by atoms with van der Waals surface area (Å²) in [6.45, 7) is 0. The second kappa shape index (κ2) is 11.0. The lowest BCUT2D eigenvalue weighted by Gasteiger charge is -2.47. The third kappa shape index (κ3) is 4.85. The van der Waals surface area contributed by atoms with Crippen molar-refractivity contribution in [3.05, 3.63) is 72.6 Å². The summed E-state index contributed by atoms with van der Waals surface area (Å²) in [7, 11) is 2.23. The third-order valence-electron chi connectivity index (χ3n) is 7.49. The first kappa shape index (κ1) is 26.1. The van der Waals surface area contributed by atoms with Crippen molar-refractivity contribution in [2.24, 2.45) is 0 Å². The van der Waals surface area contributed by atoms with Gasteiger partial charge < -0.3 is 14.6 Å². The average Bonchev–Trinajstić information content (AvgIpc) is 3.29. The number of pyridine rings is 1. The summed E-state index contributed by atoms with van der Waals surface area (Å²) in [5.41, 5.74) is 4.73. The molecule has 2 unspecified atom stereocenters. The van der Waals surface area contributed by atoms with E-state index in [2.05, 4.69) is 22.2 Å². The summed E-state index contributed by atoms with van der Waals surface area (Å²) in [5, 5.41) is 3.31. The van der Waals surface area contributed by atoms with E-state index in [9.17, 15) is 4.79 Å². The fourth-order valence-corrected chi connectivity index (χ4v) is 5.70. The van der Waals surface area contributed by atoms with Crippen molar-refractivity contribution in [2.75, 3.05) is 7.05 Å². The number of amides is 1. The predicted octanol–water partition coefficient (Wildman–Crippen LogP) is 6.15. The number of hydrogen-bond donors (Lipinski definition) is 1. The van der Waals surface area contributed by atoms with Crippen LogP contribution in [0.1, 0.15) is 42.5 Å². The van der Waals surface area contributed by atoms with Gasteiger partial charge in [-0.05, 0) is 74.2 Å². The van der Waals surface area contributed by atoms with Gasteiger partial charge in [0.2, 0.25) is 5.89 Å². The molecule has 2 aromatic carbocycles. The number of para-hydroxylation sites is 1. The standard InChI is InChI=1S/C28H28N4O2.2ClH/c1-32-20-6-4-7-21(32)17-19(16-20)30-27(33)24-10-5-11-25-26(24)31-28(34-25)23-9-3-2-8-22(23)18-12-14-29-15-13-18;;/h2-3,5,8-15,19-21H,4,6-7,16-17H2,1H3,(H,30,33);2*1H. The third-order valence-corrected chi connectivity index (χ3v) is 7.49. The molecule has 2 aliphatic rings. The molecule has 6 nitrogen and oxygen atoms in total. The molecular weight excluding hydrogens is 495 g/mol. The molecule has 2 saturated heterocycles. The Hall–Kier alpha value is -2.93. The first-order chi connectivity index (χ1) is 16.7. The minimum Gasteiger partial charge on any atom is -0.436 e. The van der Waals surface area contributed by atoms with Gasteiger partial charge in [-0.2, -0.15) is 0 Å². The van der Waals surface area contributed by atoms with E-state index < -0.39 is 0 Å². The largest absolute Gasteiger partial charge is 0.436 e. The van der Waals surface area contributed by atoms with Crippen molar-refractivity contribution >= 4 is 41.8 Å². The van der Waals surface area contributed by atoms with E-state index in [0.717, 1.165) is 29.5 Å². The van der Waals surface area contributed by atoms with E-state index in [1.165, 1.54) is 19.3 Å². The minimum absolute atomic E-state index is 0. The van der Waals surface area contributed by atoms with Gasteiger partial charge in [0.1, 0.15) is 5.52 Å². The number of nitrogens with zero attached hydrogens (tertiary/aromatic N) is 3. The molecule has 0 radical (unpaired) electrons. The SMILES string of the molecule is CN1C2CCCC1CC(NC(=O)c1cccc3oc(-c4ccccc4-c4ccncc4)nc13)C2.Cl.Cl. The number of piperidine rings is 2. The van der Waals surface area contributed by atoms with E-state index in [0.29, 0.717) is 34.6 Å². The second-order valence-corrected chi connectivity index (χ2v) is 9.50. The minimum atomic E-state index is -0.0690. The Morgan fingerprint density at radius 3 is 2.36 bits per heavy atom. The van der Waals surface area contributed by atoms with Gasteiger partial charge in [0.05, 0.1) is 5.56 Å². The van der Waals surface area contributed by atoms with Gasteiger partial charge in [-0.25, -0.2) is 4.98 Å². The maximum absolute atomic E-state index is 13.3. The summed E-state index contributed by atoms with van der Waals surface area (Å²) in [4.78, 5) is 24.8. The molecule has 2 aliphatic heterocycles. The van der Waals surface area contributed by atoms with Crippen LogP contribution >= 0.6 is 24.8 Å². The zero-order valence-electron chi connectivity index (χ0n) is 20.1.